The van der Waals surface area contributed by atoms with Gasteiger partial charge >= 0.3 is 5.97 Å². The largest absolute Gasteiger partial charge is 0.477 e. The zero-order valence-corrected chi connectivity index (χ0v) is 20.9. The molecule has 2 atom stereocenters. The molecule has 2 aliphatic heterocycles. The number of oxime groups is 1. The number of nitrogens with one attached hydrogen (secondary N) is 1. The average Bonchev–Trinajstić information content (AvgIpc) is 3.27. The summed E-state index contributed by atoms with van der Waals surface area (Å²) in [5, 5.41) is 27.0. The highest BCUT2D eigenvalue weighted by Crippen LogP contribution is 2.47. The van der Waals surface area contributed by atoms with E-state index in [1.165, 1.54) is 54.6 Å². The molecule has 0 aliphatic carbocycles. The summed E-state index contributed by atoms with van der Waals surface area (Å²) in [6.45, 7) is 0. The van der Waals surface area contributed by atoms with E-state index in [4.69, 9.17) is 15.3 Å². The van der Waals surface area contributed by atoms with Crippen molar-refractivity contribution in [3.63, 3.8) is 0 Å². The number of carboxylic acids is 1. The highest BCUT2D eigenvalue weighted by atomic mass is 32.2. The Labute approximate surface area is 212 Å². The second kappa shape index (κ2) is 10.1. The Morgan fingerprint density at radius 1 is 1.42 bits per heavy atom. The van der Waals surface area contributed by atoms with E-state index >= 15 is 0 Å². The van der Waals surface area contributed by atoms with Crippen molar-refractivity contribution in [1.82, 2.24) is 35.4 Å². The Kier molecular flexibility index (Phi) is 7.14. The zero-order chi connectivity index (χ0) is 26.0. The van der Waals surface area contributed by atoms with Crippen molar-refractivity contribution >= 4 is 52.8 Å². The van der Waals surface area contributed by atoms with Gasteiger partial charge < -0.3 is 25.7 Å². The Bertz CT molecular complexity index is 1280. The van der Waals surface area contributed by atoms with Gasteiger partial charge in [0.1, 0.15) is 29.7 Å². The van der Waals surface area contributed by atoms with Gasteiger partial charge in [-0.3, -0.25) is 14.5 Å². The molecule has 190 valence electrons. The van der Waals surface area contributed by atoms with Crippen LogP contribution >= 0.6 is 23.5 Å². The van der Waals surface area contributed by atoms with Crippen LogP contribution in [0.4, 0.5) is 5.82 Å². The Balaban J connectivity index is 1.59. The average molecular weight is 536 g/mol. The smallest absolute Gasteiger partial charge is 0.352 e. The van der Waals surface area contributed by atoms with E-state index in [9.17, 15) is 19.5 Å². The standard InChI is InChI=1S/C19H21N9O6S2/c1-27-18(23-25-26-27)36-8-9-7-35-17-19(33-2,16(32)28(17)13(9)15(30)31)22-14(29)12(24-34-3)10-5-4-6-11(20)21-10/h4-6,17H,7-8H2,1-3H3,(H2,20,21)(H,22,29)(H,30,31)/t17-,19?/m1/s1. The summed E-state index contributed by atoms with van der Waals surface area (Å²) in [7, 11) is 4.16. The molecule has 0 spiro atoms. The molecule has 4 rings (SSSR count). The molecule has 4 N–H and O–H groups in total. The third kappa shape index (κ3) is 4.35. The highest BCUT2D eigenvalue weighted by Gasteiger charge is 2.66. The number of aliphatic carboxylic acids is 1. The van der Waals surface area contributed by atoms with Crippen molar-refractivity contribution in [1.29, 1.82) is 0 Å². The first kappa shape index (κ1) is 25.4. The fourth-order valence-corrected chi connectivity index (χ4v) is 6.08. The van der Waals surface area contributed by atoms with Crippen LogP contribution in [0.15, 0.2) is 39.8 Å². The number of ether oxygens (including phenoxy) is 1. The van der Waals surface area contributed by atoms with E-state index in [1.807, 2.05) is 0 Å². The summed E-state index contributed by atoms with van der Waals surface area (Å²) >= 11 is 2.49. The monoisotopic (exact) mass is 535 g/mol. The molecule has 0 aromatic carbocycles. The maximum Gasteiger partial charge on any atom is 0.352 e. The molecule has 2 aliphatic rings. The number of nitrogens with zero attached hydrogens (tertiary/aromatic N) is 7. The number of fused-ring (bicyclic) bond motifs is 1. The van der Waals surface area contributed by atoms with Crippen molar-refractivity contribution in [3.05, 3.63) is 35.2 Å². The van der Waals surface area contributed by atoms with Gasteiger partial charge in [-0.25, -0.2) is 14.5 Å². The van der Waals surface area contributed by atoms with Crippen LogP contribution in [0, 0.1) is 0 Å². The number of carbonyl (C=O) groups excluding carboxylic acids is 2. The lowest BCUT2D eigenvalue weighted by molar-refractivity contribution is -0.191. The van der Waals surface area contributed by atoms with Gasteiger partial charge in [0, 0.05) is 25.7 Å². The number of hydrogen-bond acceptors (Lipinski definition) is 13. The van der Waals surface area contributed by atoms with E-state index in [-0.39, 0.29) is 34.4 Å². The summed E-state index contributed by atoms with van der Waals surface area (Å²) in [6, 6.07) is 4.61. The van der Waals surface area contributed by atoms with E-state index in [1.54, 1.807) is 13.1 Å². The number of aryl methyl sites for hydroxylation is 1. The second-order valence-electron chi connectivity index (χ2n) is 7.43. The molecule has 1 saturated heterocycles. The molecule has 2 amide bonds. The number of β-lactam (4-membered cyclic amide) rings is 1. The molecular formula is C19H21N9O6S2. The molecule has 1 fully saturated rings. The predicted octanol–water partition coefficient (Wildman–Crippen LogP) is -0.957. The molecule has 0 radical (unpaired) electrons. The first-order valence-corrected chi connectivity index (χ1v) is 12.2. The maximum atomic E-state index is 13.3. The fourth-order valence-electron chi connectivity index (χ4n) is 3.66. The van der Waals surface area contributed by atoms with Gasteiger partial charge in [-0.15, -0.1) is 16.9 Å². The van der Waals surface area contributed by atoms with Gasteiger partial charge in [0.25, 0.3) is 17.5 Å². The van der Waals surface area contributed by atoms with E-state index < -0.39 is 28.9 Å². The number of methoxy groups -OCH3 is 1. The van der Waals surface area contributed by atoms with Crippen molar-refractivity contribution in [3.8, 4) is 0 Å². The van der Waals surface area contributed by atoms with Crippen LogP contribution in [0.1, 0.15) is 5.69 Å². The van der Waals surface area contributed by atoms with Gasteiger partial charge in [0.15, 0.2) is 5.71 Å². The lowest BCUT2D eigenvalue weighted by atomic mass is 9.98. The van der Waals surface area contributed by atoms with Gasteiger partial charge in [0.05, 0.1) is 0 Å². The van der Waals surface area contributed by atoms with E-state index in [0.29, 0.717) is 10.7 Å². The molecule has 2 aromatic heterocycles. The normalized spacial score (nSPS) is 21.6. The van der Waals surface area contributed by atoms with Crippen LogP contribution in [0.3, 0.4) is 0 Å². The molecular weight excluding hydrogens is 514 g/mol. The number of pyridine rings is 1. The number of thioether (sulfide) groups is 2. The number of carboxylic acid groups (broad SMARTS) is 1. The maximum absolute atomic E-state index is 13.3. The Hall–Kier alpha value is -3.70. The summed E-state index contributed by atoms with van der Waals surface area (Å²) in [6.07, 6.45) is 0. The van der Waals surface area contributed by atoms with Gasteiger partial charge in [-0.05, 0) is 28.1 Å². The molecule has 4 heterocycles. The molecule has 0 bridgehead atoms. The first-order valence-electron chi connectivity index (χ1n) is 10.2. The summed E-state index contributed by atoms with van der Waals surface area (Å²) < 4.78 is 6.93. The van der Waals surface area contributed by atoms with E-state index in [2.05, 4.69) is 31.0 Å². The van der Waals surface area contributed by atoms with Crippen molar-refractivity contribution in [2.75, 3.05) is 31.5 Å². The number of carbonyl (C=O) groups is 3. The number of nitrogens with two attached hydrogens (primary N) is 1. The quantitative estimate of drug-likeness (QED) is 0.117. The fraction of sp³-hybridized carbons (Fsp3) is 0.368. The number of aromatic nitrogens is 5. The summed E-state index contributed by atoms with van der Waals surface area (Å²) in [5.74, 6) is -2.17. The van der Waals surface area contributed by atoms with Crippen molar-refractivity contribution in [2.24, 2.45) is 12.2 Å². The second-order valence-corrected chi connectivity index (χ2v) is 9.44. The highest BCUT2D eigenvalue weighted by molar-refractivity contribution is 8.01. The topological polar surface area (TPSA) is 200 Å². The Morgan fingerprint density at radius 2 is 2.19 bits per heavy atom. The number of nitrogen functional groups attached to an aromatic ring is 1. The minimum Gasteiger partial charge on any atom is -0.477 e. The minimum absolute atomic E-state index is 0.115. The molecule has 2 aromatic rings. The van der Waals surface area contributed by atoms with Gasteiger partial charge in [-0.2, -0.15) is 0 Å². The molecule has 15 nitrogen and oxygen atoms in total. The lowest BCUT2D eigenvalue weighted by Crippen LogP contribution is -2.81. The summed E-state index contributed by atoms with van der Waals surface area (Å²) in [4.78, 5) is 48.6. The van der Waals surface area contributed by atoms with Crippen LogP contribution in [0.25, 0.3) is 0 Å². The third-order valence-corrected chi connectivity index (χ3v) is 7.77. The minimum atomic E-state index is -1.83. The first-order chi connectivity index (χ1) is 17.2. The zero-order valence-electron chi connectivity index (χ0n) is 19.2. The van der Waals surface area contributed by atoms with Crippen LogP contribution in [-0.2, 0) is 31.0 Å². The number of anilines is 1. The number of amides is 2. The lowest BCUT2D eigenvalue weighted by Gasteiger charge is -2.55. The van der Waals surface area contributed by atoms with Crippen LogP contribution in [-0.4, -0.2) is 95.5 Å². The van der Waals surface area contributed by atoms with Crippen LogP contribution in [0.5, 0.6) is 0 Å². The van der Waals surface area contributed by atoms with Gasteiger partial charge in [0.2, 0.25) is 5.16 Å². The number of rotatable bonds is 9. The summed E-state index contributed by atoms with van der Waals surface area (Å²) in [5.41, 5.74) is 4.09. The number of tetrazole rings is 1. The number of hydrogen-bond donors (Lipinski definition) is 3. The molecule has 36 heavy (non-hydrogen) atoms. The Morgan fingerprint density at radius 3 is 2.81 bits per heavy atom. The SMILES string of the molecule is CON=C(C(=O)NC1(OC)C(=O)N2C(C(=O)O)=C(CSc3nnnn3C)CS[C@@H]21)c1cccc(N)n1. The van der Waals surface area contributed by atoms with Gasteiger partial charge in [-0.1, -0.05) is 23.0 Å². The molecule has 1 unspecified atom stereocenters. The van der Waals surface area contributed by atoms with Crippen LogP contribution < -0.4 is 11.1 Å². The van der Waals surface area contributed by atoms with Crippen LogP contribution in [0.2, 0.25) is 0 Å². The predicted molar refractivity (Wildman–Crippen MR) is 127 cm³/mol. The van der Waals surface area contributed by atoms with E-state index in [0.717, 1.165) is 4.90 Å². The van der Waals surface area contributed by atoms with Crippen molar-refractivity contribution < 1.29 is 29.1 Å². The third-order valence-electron chi connectivity index (χ3n) is 5.30. The van der Waals surface area contributed by atoms with Crippen molar-refractivity contribution in [2.45, 2.75) is 16.3 Å². The molecule has 0 saturated carbocycles. The molecule has 17 heteroatoms.